The van der Waals surface area contributed by atoms with Crippen LogP contribution >= 0.6 is 0 Å². The number of rotatable bonds is 7. The number of nitrogens with zero attached hydrogens (tertiary/aromatic N) is 1. The molecule has 1 N–H and O–H groups in total. The Morgan fingerprint density at radius 2 is 1.73 bits per heavy atom. The molecule has 134 valence electrons. The number of ether oxygens (including phenoxy) is 2. The van der Waals surface area contributed by atoms with Gasteiger partial charge in [-0.15, -0.1) is 0 Å². The van der Waals surface area contributed by atoms with Crippen LogP contribution in [0.1, 0.15) is 18.0 Å². The van der Waals surface area contributed by atoms with Crippen molar-refractivity contribution in [2.75, 3.05) is 19.5 Å². The molecule has 0 fully saturated rings. The molecule has 0 aliphatic carbocycles. The topological polar surface area (TPSA) is 52.5 Å². The van der Waals surface area contributed by atoms with Gasteiger partial charge in [-0.2, -0.15) is 0 Å². The van der Waals surface area contributed by atoms with Crippen molar-refractivity contribution in [2.45, 2.75) is 12.5 Å². The number of hydrogen-bond donors (Lipinski definition) is 1. The van der Waals surface area contributed by atoms with Crippen LogP contribution in [0.15, 0.2) is 73.1 Å². The van der Waals surface area contributed by atoms with E-state index in [2.05, 4.69) is 5.32 Å². The predicted molar refractivity (Wildman–Crippen MR) is 102 cm³/mol. The molecule has 1 atom stereocenters. The molecular weight excluding hydrogens is 328 g/mol. The number of carbonyl (C=O) groups is 1. The summed E-state index contributed by atoms with van der Waals surface area (Å²) in [6.45, 7) is 0. The van der Waals surface area contributed by atoms with E-state index >= 15 is 0 Å². The first-order chi connectivity index (χ1) is 12.7. The molecule has 0 aliphatic rings. The summed E-state index contributed by atoms with van der Waals surface area (Å²) in [4.78, 5) is 12.7. The van der Waals surface area contributed by atoms with Gasteiger partial charge in [0.1, 0.15) is 11.5 Å². The average molecular weight is 350 g/mol. The zero-order valence-electron chi connectivity index (χ0n) is 14.9. The normalized spacial score (nSPS) is 11.6. The lowest BCUT2D eigenvalue weighted by molar-refractivity contribution is -0.116. The van der Waals surface area contributed by atoms with Crippen molar-refractivity contribution in [2.24, 2.45) is 0 Å². The third-order valence-electron chi connectivity index (χ3n) is 4.23. The van der Waals surface area contributed by atoms with Crippen molar-refractivity contribution < 1.29 is 14.3 Å². The monoisotopic (exact) mass is 350 g/mol. The van der Waals surface area contributed by atoms with Crippen molar-refractivity contribution in [3.8, 4) is 11.5 Å². The lowest BCUT2D eigenvalue weighted by Gasteiger charge is -2.20. The molecule has 0 bridgehead atoms. The number of carbonyl (C=O) groups excluding carboxylic acids is 1. The van der Waals surface area contributed by atoms with Crippen LogP contribution in [0.4, 0.5) is 5.69 Å². The smallest absolute Gasteiger partial charge is 0.226 e. The van der Waals surface area contributed by atoms with Gasteiger partial charge in [-0.25, -0.2) is 0 Å². The number of methoxy groups -OCH3 is 2. The van der Waals surface area contributed by atoms with Gasteiger partial charge in [-0.1, -0.05) is 30.3 Å². The summed E-state index contributed by atoms with van der Waals surface area (Å²) in [5.74, 6) is 1.15. The van der Waals surface area contributed by atoms with Gasteiger partial charge in [0.05, 0.1) is 32.4 Å². The second-order valence-corrected chi connectivity index (χ2v) is 5.88. The average Bonchev–Trinajstić information content (AvgIpc) is 3.21. The maximum absolute atomic E-state index is 12.7. The molecule has 0 saturated heterocycles. The molecule has 0 aliphatic heterocycles. The van der Waals surface area contributed by atoms with E-state index in [4.69, 9.17) is 9.47 Å². The molecule has 1 heterocycles. The molecular formula is C21H22N2O3. The Bertz CT molecular complexity index is 845. The predicted octanol–water partition coefficient (Wildman–Crippen LogP) is 4.12. The largest absolute Gasteiger partial charge is 0.497 e. The van der Waals surface area contributed by atoms with Gasteiger partial charge in [0.15, 0.2) is 0 Å². The molecule has 3 aromatic rings. The van der Waals surface area contributed by atoms with Gasteiger partial charge in [-0.05, 0) is 29.8 Å². The summed E-state index contributed by atoms with van der Waals surface area (Å²) in [5.41, 5.74) is 1.71. The molecule has 2 aromatic carbocycles. The van der Waals surface area contributed by atoms with Crippen molar-refractivity contribution in [1.82, 2.24) is 4.57 Å². The van der Waals surface area contributed by atoms with Crippen LogP contribution in [0.25, 0.3) is 0 Å². The number of benzene rings is 2. The molecule has 0 saturated carbocycles. The molecule has 0 radical (unpaired) electrons. The lowest BCUT2D eigenvalue weighted by Crippen LogP contribution is -2.20. The fraction of sp³-hybridized carbons (Fsp3) is 0.190. The fourth-order valence-corrected chi connectivity index (χ4v) is 2.90. The first-order valence-corrected chi connectivity index (χ1v) is 8.40. The Hall–Kier alpha value is -3.21. The van der Waals surface area contributed by atoms with Gasteiger partial charge in [-0.3, -0.25) is 4.79 Å². The third kappa shape index (κ3) is 4.06. The van der Waals surface area contributed by atoms with Crippen molar-refractivity contribution in [1.29, 1.82) is 0 Å². The molecule has 0 spiro atoms. The Morgan fingerprint density at radius 3 is 2.38 bits per heavy atom. The zero-order chi connectivity index (χ0) is 18.4. The van der Waals surface area contributed by atoms with Crippen LogP contribution in [-0.2, 0) is 4.79 Å². The van der Waals surface area contributed by atoms with Gasteiger partial charge < -0.3 is 19.4 Å². The van der Waals surface area contributed by atoms with Crippen molar-refractivity contribution in [3.63, 3.8) is 0 Å². The number of anilines is 1. The minimum absolute atomic E-state index is 0.0737. The van der Waals surface area contributed by atoms with Crippen LogP contribution in [0.5, 0.6) is 11.5 Å². The third-order valence-corrected chi connectivity index (χ3v) is 4.23. The van der Waals surface area contributed by atoms with Crippen LogP contribution in [0.3, 0.4) is 0 Å². The molecule has 1 aromatic heterocycles. The highest BCUT2D eigenvalue weighted by molar-refractivity contribution is 5.92. The Balaban J connectivity index is 1.79. The summed E-state index contributed by atoms with van der Waals surface area (Å²) < 4.78 is 12.6. The van der Waals surface area contributed by atoms with Crippen LogP contribution < -0.4 is 14.8 Å². The molecule has 1 unspecified atom stereocenters. The second-order valence-electron chi connectivity index (χ2n) is 5.88. The van der Waals surface area contributed by atoms with E-state index in [9.17, 15) is 4.79 Å². The van der Waals surface area contributed by atoms with E-state index in [0.717, 1.165) is 5.56 Å². The van der Waals surface area contributed by atoms with Gasteiger partial charge in [0, 0.05) is 18.5 Å². The highest BCUT2D eigenvalue weighted by Crippen LogP contribution is 2.30. The number of amides is 1. The van der Waals surface area contributed by atoms with E-state index in [-0.39, 0.29) is 11.9 Å². The summed E-state index contributed by atoms with van der Waals surface area (Å²) in [7, 11) is 3.16. The van der Waals surface area contributed by atoms with Gasteiger partial charge in [0.25, 0.3) is 0 Å². The SMILES string of the molecule is COc1ccc(NC(=O)CC(c2ccccc2)n2cccc2)c(OC)c1. The van der Waals surface area contributed by atoms with E-state index in [0.29, 0.717) is 23.6 Å². The van der Waals surface area contributed by atoms with Crippen molar-refractivity contribution in [3.05, 3.63) is 78.6 Å². The van der Waals surface area contributed by atoms with E-state index in [1.807, 2.05) is 59.4 Å². The molecule has 26 heavy (non-hydrogen) atoms. The molecule has 5 nitrogen and oxygen atoms in total. The number of aromatic nitrogens is 1. The molecule has 5 heteroatoms. The summed E-state index contributed by atoms with van der Waals surface area (Å²) in [6.07, 6.45) is 4.26. The Morgan fingerprint density at radius 1 is 1.00 bits per heavy atom. The van der Waals surface area contributed by atoms with Gasteiger partial charge >= 0.3 is 0 Å². The highest BCUT2D eigenvalue weighted by Gasteiger charge is 2.18. The van der Waals surface area contributed by atoms with Gasteiger partial charge in [0.2, 0.25) is 5.91 Å². The quantitative estimate of drug-likeness (QED) is 0.697. The molecule has 1 amide bonds. The first-order valence-electron chi connectivity index (χ1n) is 8.40. The minimum Gasteiger partial charge on any atom is -0.497 e. The van der Waals surface area contributed by atoms with E-state index in [1.54, 1.807) is 32.4 Å². The summed E-state index contributed by atoms with van der Waals surface area (Å²) in [6, 6.07) is 19.2. The summed E-state index contributed by atoms with van der Waals surface area (Å²) in [5, 5.41) is 2.94. The van der Waals surface area contributed by atoms with E-state index in [1.165, 1.54) is 0 Å². The van der Waals surface area contributed by atoms with Crippen molar-refractivity contribution >= 4 is 11.6 Å². The maximum Gasteiger partial charge on any atom is 0.226 e. The fourth-order valence-electron chi connectivity index (χ4n) is 2.90. The first kappa shape index (κ1) is 17.6. The van der Waals surface area contributed by atoms with Crippen LogP contribution in [0, 0.1) is 0 Å². The number of hydrogen-bond acceptors (Lipinski definition) is 3. The van der Waals surface area contributed by atoms with E-state index < -0.39 is 0 Å². The van der Waals surface area contributed by atoms with Crippen LogP contribution in [0.2, 0.25) is 0 Å². The Kier molecular flexibility index (Phi) is 5.59. The zero-order valence-corrected chi connectivity index (χ0v) is 14.9. The maximum atomic E-state index is 12.7. The molecule has 3 rings (SSSR count). The summed E-state index contributed by atoms with van der Waals surface area (Å²) >= 11 is 0. The minimum atomic E-state index is -0.0870. The lowest BCUT2D eigenvalue weighted by atomic mass is 10.0. The highest BCUT2D eigenvalue weighted by atomic mass is 16.5. The second kappa shape index (κ2) is 8.25. The number of nitrogens with one attached hydrogen (secondary N) is 1. The standard InChI is InChI=1S/C21H22N2O3/c1-25-17-10-11-18(20(14-17)26-2)22-21(24)15-19(23-12-6-7-13-23)16-8-4-3-5-9-16/h3-14,19H,15H2,1-2H3,(H,22,24). The Labute approximate surface area is 153 Å². The van der Waals surface area contributed by atoms with Crippen LogP contribution in [-0.4, -0.2) is 24.7 Å².